The first-order valence-corrected chi connectivity index (χ1v) is 9.84. The largest absolute Gasteiger partial charge is 0.354 e. The molecule has 10 heteroatoms. The number of nitrogens with zero attached hydrogens (tertiary/aromatic N) is 4. The van der Waals surface area contributed by atoms with Crippen LogP contribution in [0.1, 0.15) is 5.56 Å². The van der Waals surface area contributed by atoms with E-state index in [2.05, 4.69) is 20.5 Å². The van der Waals surface area contributed by atoms with Crippen molar-refractivity contribution in [2.75, 3.05) is 42.9 Å². The maximum atomic E-state index is 12.1. The van der Waals surface area contributed by atoms with E-state index in [1.165, 1.54) is 17.4 Å². The molecule has 9 nitrogen and oxygen atoms in total. The van der Waals surface area contributed by atoms with E-state index in [1.807, 2.05) is 25.1 Å². The van der Waals surface area contributed by atoms with E-state index >= 15 is 0 Å². The van der Waals surface area contributed by atoms with Crippen molar-refractivity contribution in [3.63, 3.8) is 0 Å². The molecule has 4 N–H and O–H groups in total. The van der Waals surface area contributed by atoms with Crippen molar-refractivity contribution in [3.8, 4) is 10.6 Å². The van der Waals surface area contributed by atoms with Gasteiger partial charge in [-0.2, -0.15) is 14.6 Å². The second-order valence-electron chi connectivity index (χ2n) is 6.63. The summed E-state index contributed by atoms with van der Waals surface area (Å²) in [5.41, 5.74) is 7.60. The fourth-order valence-electron chi connectivity index (χ4n) is 3.23. The average molecular weight is 399 g/mol. The number of carbonyl (C=O) groups is 1. The first-order chi connectivity index (χ1) is 13.5. The number of aryl methyl sites for hydroxylation is 1. The molecule has 1 amide bonds. The number of piperazine rings is 1. The van der Waals surface area contributed by atoms with E-state index < -0.39 is 0 Å². The van der Waals surface area contributed by atoms with Crippen molar-refractivity contribution >= 4 is 33.7 Å². The van der Waals surface area contributed by atoms with Gasteiger partial charge in [0.2, 0.25) is 10.9 Å². The number of nitrogens with two attached hydrogens (primary N) is 1. The summed E-state index contributed by atoms with van der Waals surface area (Å²) in [6.07, 6.45) is 0. The van der Waals surface area contributed by atoms with Crippen LogP contribution >= 0.6 is 11.3 Å². The van der Waals surface area contributed by atoms with Crippen LogP contribution < -0.4 is 26.8 Å². The number of amides is 1. The number of fused-ring (bicyclic) bond motifs is 1. The van der Waals surface area contributed by atoms with Crippen LogP contribution in [0, 0.1) is 6.92 Å². The molecule has 0 bridgehead atoms. The van der Waals surface area contributed by atoms with Crippen LogP contribution in [0.4, 0.5) is 11.5 Å². The number of benzene rings is 1. The molecule has 1 aliphatic rings. The molecule has 0 spiro atoms. The Labute approximate surface area is 165 Å². The molecular formula is C18H21N7O2S. The molecule has 0 aliphatic carbocycles. The highest BCUT2D eigenvalue weighted by Crippen LogP contribution is 2.29. The minimum atomic E-state index is -0.274. The lowest BCUT2D eigenvalue weighted by atomic mass is 10.1. The second-order valence-corrected chi connectivity index (χ2v) is 7.59. The zero-order valence-electron chi connectivity index (χ0n) is 15.4. The van der Waals surface area contributed by atoms with Crippen molar-refractivity contribution in [2.45, 2.75) is 6.92 Å². The maximum Gasteiger partial charge on any atom is 0.276 e. The predicted octanol–water partition coefficient (Wildman–Crippen LogP) is 0.433. The molecule has 0 atom stereocenters. The van der Waals surface area contributed by atoms with Gasteiger partial charge in [-0.05, 0) is 30.7 Å². The lowest BCUT2D eigenvalue weighted by Crippen LogP contribution is -2.44. The summed E-state index contributed by atoms with van der Waals surface area (Å²) in [6.45, 7) is 5.19. The quantitative estimate of drug-likeness (QED) is 0.582. The monoisotopic (exact) mass is 399 g/mol. The van der Waals surface area contributed by atoms with Crippen molar-refractivity contribution in [1.29, 1.82) is 0 Å². The molecule has 1 aromatic carbocycles. The Hall–Kier alpha value is -2.82. The summed E-state index contributed by atoms with van der Waals surface area (Å²) >= 11 is 1.35. The standard InChI is InChI=1S/C18H21N7O2S/c1-11-6-12(8-13(7-11)21-15(27)10-19)17-23-25-16(24-4-2-20-3-5-24)9-14(26)22-18(25)28-17/h6-9,20H,2-5,10,19H2,1H3,(H,21,27). The normalized spacial score (nSPS) is 14.4. The van der Waals surface area contributed by atoms with Gasteiger partial charge in [0.1, 0.15) is 10.8 Å². The third-order valence-electron chi connectivity index (χ3n) is 4.47. The lowest BCUT2D eigenvalue weighted by Gasteiger charge is -2.28. The zero-order chi connectivity index (χ0) is 19.7. The Kier molecular flexibility index (Phi) is 5.07. The van der Waals surface area contributed by atoms with Gasteiger partial charge in [0, 0.05) is 43.5 Å². The van der Waals surface area contributed by atoms with Crippen LogP contribution in [0.15, 0.2) is 29.1 Å². The third-order valence-corrected chi connectivity index (χ3v) is 5.43. The topological polar surface area (TPSA) is 118 Å². The third kappa shape index (κ3) is 3.75. The number of aromatic nitrogens is 3. The Morgan fingerprint density at radius 1 is 1.29 bits per heavy atom. The van der Waals surface area contributed by atoms with Crippen LogP contribution in [-0.2, 0) is 4.79 Å². The highest BCUT2D eigenvalue weighted by atomic mass is 32.1. The molecule has 3 heterocycles. The van der Waals surface area contributed by atoms with E-state index in [1.54, 1.807) is 4.52 Å². The Balaban J connectivity index is 1.78. The van der Waals surface area contributed by atoms with Gasteiger partial charge >= 0.3 is 0 Å². The number of carbonyl (C=O) groups excluding carboxylic acids is 1. The molecule has 0 radical (unpaired) electrons. The van der Waals surface area contributed by atoms with Gasteiger partial charge < -0.3 is 21.3 Å². The van der Waals surface area contributed by atoms with Crippen molar-refractivity contribution in [2.24, 2.45) is 5.73 Å². The Morgan fingerprint density at radius 2 is 2.07 bits per heavy atom. The highest BCUT2D eigenvalue weighted by Gasteiger charge is 2.18. The summed E-state index contributed by atoms with van der Waals surface area (Å²) in [6, 6.07) is 7.24. The number of nitrogens with one attached hydrogen (secondary N) is 2. The molecule has 28 heavy (non-hydrogen) atoms. The number of hydrogen-bond donors (Lipinski definition) is 3. The molecule has 1 aliphatic heterocycles. The molecular weight excluding hydrogens is 378 g/mol. The molecule has 1 fully saturated rings. The first kappa shape index (κ1) is 18.5. The second kappa shape index (κ2) is 7.66. The smallest absolute Gasteiger partial charge is 0.276 e. The first-order valence-electron chi connectivity index (χ1n) is 9.02. The molecule has 3 aromatic rings. The molecule has 0 unspecified atom stereocenters. The highest BCUT2D eigenvalue weighted by molar-refractivity contribution is 7.19. The predicted molar refractivity (Wildman–Crippen MR) is 110 cm³/mol. The lowest BCUT2D eigenvalue weighted by molar-refractivity contribution is -0.114. The van der Waals surface area contributed by atoms with Crippen LogP contribution in [0.2, 0.25) is 0 Å². The van der Waals surface area contributed by atoms with Crippen LogP contribution in [-0.4, -0.2) is 53.2 Å². The van der Waals surface area contributed by atoms with Gasteiger partial charge in [-0.25, -0.2) is 0 Å². The number of anilines is 2. The minimum absolute atomic E-state index is 0.0789. The fraction of sp³-hybridized carbons (Fsp3) is 0.333. The Morgan fingerprint density at radius 3 is 2.82 bits per heavy atom. The minimum Gasteiger partial charge on any atom is -0.354 e. The van der Waals surface area contributed by atoms with Gasteiger partial charge in [-0.3, -0.25) is 9.59 Å². The van der Waals surface area contributed by atoms with E-state index in [0.717, 1.165) is 48.1 Å². The zero-order valence-corrected chi connectivity index (χ0v) is 16.3. The molecule has 1 saturated heterocycles. The van der Waals surface area contributed by atoms with E-state index in [4.69, 9.17) is 10.8 Å². The fourth-order valence-corrected chi connectivity index (χ4v) is 4.12. The van der Waals surface area contributed by atoms with E-state index in [-0.39, 0.29) is 18.0 Å². The summed E-state index contributed by atoms with van der Waals surface area (Å²) in [5, 5.41) is 11.5. The van der Waals surface area contributed by atoms with Gasteiger partial charge in [0.25, 0.3) is 5.56 Å². The van der Waals surface area contributed by atoms with Gasteiger partial charge in [-0.15, -0.1) is 0 Å². The number of hydrogen-bond acceptors (Lipinski definition) is 8. The van der Waals surface area contributed by atoms with Crippen LogP contribution in [0.25, 0.3) is 15.5 Å². The van der Waals surface area contributed by atoms with E-state index in [0.29, 0.717) is 10.6 Å². The average Bonchev–Trinajstić information content (AvgIpc) is 3.11. The summed E-state index contributed by atoms with van der Waals surface area (Å²) in [4.78, 5) is 30.5. The summed E-state index contributed by atoms with van der Waals surface area (Å²) in [7, 11) is 0. The molecule has 0 saturated carbocycles. The number of rotatable bonds is 4. The Bertz CT molecular complexity index is 1090. The summed E-state index contributed by atoms with van der Waals surface area (Å²) in [5.74, 6) is 0.497. The molecule has 146 valence electrons. The van der Waals surface area contributed by atoms with Crippen molar-refractivity contribution in [1.82, 2.24) is 19.9 Å². The van der Waals surface area contributed by atoms with Gasteiger partial charge in [0.05, 0.1) is 6.54 Å². The molecule has 4 rings (SSSR count). The van der Waals surface area contributed by atoms with E-state index in [9.17, 15) is 9.59 Å². The van der Waals surface area contributed by atoms with Gasteiger partial charge in [0.15, 0.2) is 0 Å². The van der Waals surface area contributed by atoms with Crippen LogP contribution in [0.3, 0.4) is 0 Å². The SMILES string of the molecule is Cc1cc(NC(=O)CN)cc(-c2nn3c(N4CCNCC4)cc(=O)nc3s2)c1. The van der Waals surface area contributed by atoms with Crippen molar-refractivity contribution < 1.29 is 4.79 Å². The summed E-state index contributed by atoms with van der Waals surface area (Å²) < 4.78 is 1.73. The van der Waals surface area contributed by atoms with Crippen molar-refractivity contribution in [3.05, 3.63) is 40.2 Å². The molecule has 2 aromatic heterocycles. The van der Waals surface area contributed by atoms with Gasteiger partial charge in [-0.1, -0.05) is 11.3 Å². The maximum absolute atomic E-state index is 12.1. The van der Waals surface area contributed by atoms with Crippen LogP contribution in [0.5, 0.6) is 0 Å².